The molecule has 1 aliphatic heterocycles. The molecule has 11 heteroatoms. The summed E-state index contributed by atoms with van der Waals surface area (Å²) in [4.78, 5) is 31.7. The SMILES string of the molecule is CNC(=O)c1nnc([C@@]2(C(N)=O)CC23CC3)cc1Nc1nc2ccc(N3CC(C)(C)C3)cn2n1. The fourth-order valence-corrected chi connectivity index (χ4v) is 5.44. The van der Waals surface area contributed by atoms with E-state index >= 15 is 0 Å². The molecule has 4 heterocycles. The zero-order valence-corrected chi connectivity index (χ0v) is 19.4. The van der Waals surface area contributed by atoms with Crippen LogP contribution in [0.5, 0.6) is 0 Å². The zero-order chi connectivity index (χ0) is 23.9. The van der Waals surface area contributed by atoms with Crippen molar-refractivity contribution in [3.05, 3.63) is 35.8 Å². The predicted molar refractivity (Wildman–Crippen MR) is 125 cm³/mol. The second kappa shape index (κ2) is 6.64. The molecule has 0 bridgehead atoms. The molecule has 2 aliphatic carbocycles. The number of pyridine rings is 1. The third-order valence-electron chi connectivity index (χ3n) is 7.50. The van der Waals surface area contributed by atoms with Crippen LogP contribution in [0.25, 0.3) is 5.65 Å². The van der Waals surface area contributed by atoms with Crippen LogP contribution in [0.1, 0.15) is 49.3 Å². The Bertz CT molecular complexity index is 1350. The van der Waals surface area contributed by atoms with Crippen molar-refractivity contribution in [1.82, 2.24) is 30.1 Å². The number of hydrogen-bond donors (Lipinski definition) is 3. The normalized spacial score (nSPS) is 23.4. The number of nitrogens with two attached hydrogens (primary N) is 1. The van der Waals surface area contributed by atoms with Gasteiger partial charge >= 0.3 is 0 Å². The molecule has 1 saturated heterocycles. The van der Waals surface area contributed by atoms with E-state index in [0.717, 1.165) is 31.6 Å². The number of anilines is 3. The van der Waals surface area contributed by atoms with Crippen LogP contribution < -0.4 is 21.3 Å². The third-order valence-corrected chi connectivity index (χ3v) is 7.50. The Morgan fingerprint density at radius 2 is 1.91 bits per heavy atom. The maximum atomic E-state index is 12.5. The highest BCUT2D eigenvalue weighted by Crippen LogP contribution is 2.78. The Hall–Kier alpha value is -3.76. The molecule has 3 aromatic heterocycles. The summed E-state index contributed by atoms with van der Waals surface area (Å²) in [6.07, 6.45) is 4.51. The quantitative estimate of drug-likeness (QED) is 0.499. The predicted octanol–water partition coefficient (Wildman–Crippen LogP) is 1.38. The summed E-state index contributed by atoms with van der Waals surface area (Å²) >= 11 is 0. The van der Waals surface area contributed by atoms with Crippen molar-refractivity contribution >= 4 is 34.8 Å². The van der Waals surface area contributed by atoms with Gasteiger partial charge in [-0.25, -0.2) is 4.52 Å². The molecule has 34 heavy (non-hydrogen) atoms. The molecule has 0 radical (unpaired) electrons. The van der Waals surface area contributed by atoms with Crippen molar-refractivity contribution < 1.29 is 9.59 Å². The third kappa shape index (κ3) is 2.95. The molecule has 2 amide bonds. The number of carbonyl (C=O) groups excluding carboxylic acids is 2. The summed E-state index contributed by atoms with van der Waals surface area (Å²) in [5, 5.41) is 18.6. The van der Waals surface area contributed by atoms with Gasteiger partial charge in [-0.2, -0.15) is 10.1 Å². The lowest BCUT2D eigenvalue weighted by atomic mass is 9.84. The highest BCUT2D eigenvalue weighted by Gasteiger charge is 2.78. The summed E-state index contributed by atoms with van der Waals surface area (Å²) in [5.41, 5.74) is 7.91. The van der Waals surface area contributed by atoms with Crippen molar-refractivity contribution in [2.45, 2.75) is 38.5 Å². The van der Waals surface area contributed by atoms with Crippen LogP contribution in [-0.2, 0) is 10.2 Å². The van der Waals surface area contributed by atoms with Gasteiger partial charge in [0.15, 0.2) is 11.3 Å². The average molecular weight is 462 g/mol. The number of primary amides is 1. The minimum absolute atomic E-state index is 0.0948. The maximum Gasteiger partial charge on any atom is 0.273 e. The van der Waals surface area contributed by atoms with Crippen LogP contribution in [0.2, 0.25) is 0 Å². The Labute approximate surface area is 196 Å². The lowest BCUT2D eigenvalue weighted by Crippen LogP contribution is -2.53. The summed E-state index contributed by atoms with van der Waals surface area (Å²) < 4.78 is 1.71. The van der Waals surface area contributed by atoms with Crippen LogP contribution in [0.3, 0.4) is 0 Å². The summed E-state index contributed by atoms with van der Waals surface area (Å²) in [7, 11) is 1.52. The molecular formula is C23H27N9O2. The molecule has 176 valence electrons. The summed E-state index contributed by atoms with van der Waals surface area (Å²) in [6, 6.07) is 5.64. The molecule has 3 aliphatic rings. The van der Waals surface area contributed by atoms with E-state index < -0.39 is 17.2 Å². The number of aromatic nitrogens is 5. The number of carbonyl (C=O) groups is 2. The van der Waals surface area contributed by atoms with E-state index in [-0.39, 0.29) is 11.1 Å². The van der Waals surface area contributed by atoms with Crippen molar-refractivity contribution in [1.29, 1.82) is 0 Å². The van der Waals surface area contributed by atoms with Crippen LogP contribution in [0, 0.1) is 10.8 Å². The van der Waals surface area contributed by atoms with Gasteiger partial charge in [-0.05, 0) is 48.3 Å². The Morgan fingerprint density at radius 1 is 1.15 bits per heavy atom. The fourth-order valence-electron chi connectivity index (χ4n) is 5.44. The molecule has 2 saturated carbocycles. The molecule has 1 spiro atoms. The van der Waals surface area contributed by atoms with E-state index in [1.54, 1.807) is 10.6 Å². The van der Waals surface area contributed by atoms with Crippen molar-refractivity contribution in [2.24, 2.45) is 16.6 Å². The first-order chi connectivity index (χ1) is 16.2. The molecule has 6 rings (SSSR count). The largest absolute Gasteiger partial charge is 0.369 e. The molecule has 11 nitrogen and oxygen atoms in total. The summed E-state index contributed by atoms with van der Waals surface area (Å²) in [5.74, 6) is -0.487. The number of rotatable bonds is 6. The molecule has 4 N–H and O–H groups in total. The van der Waals surface area contributed by atoms with E-state index in [2.05, 4.69) is 49.7 Å². The lowest BCUT2D eigenvalue weighted by Gasteiger charge is -2.47. The smallest absolute Gasteiger partial charge is 0.273 e. The highest BCUT2D eigenvalue weighted by molar-refractivity contribution is 5.98. The highest BCUT2D eigenvalue weighted by atomic mass is 16.2. The van der Waals surface area contributed by atoms with Gasteiger partial charge in [0, 0.05) is 20.1 Å². The Balaban J connectivity index is 1.34. The molecule has 3 aromatic rings. The van der Waals surface area contributed by atoms with Crippen molar-refractivity contribution in [3.63, 3.8) is 0 Å². The van der Waals surface area contributed by atoms with Gasteiger partial charge in [-0.1, -0.05) is 13.8 Å². The molecule has 0 unspecified atom stereocenters. The number of nitrogens with one attached hydrogen (secondary N) is 2. The van der Waals surface area contributed by atoms with Gasteiger partial charge in [-0.15, -0.1) is 10.2 Å². The van der Waals surface area contributed by atoms with Crippen LogP contribution in [0.15, 0.2) is 24.4 Å². The zero-order valence-electron chi connectivity index (χ0n) is 19.4. The monoisotopic (exact) mass is 461 g/mol. The fraction of sp³-hybridized carbons (Fsp3) is 0.478. The Morgan fingerprint density at radius 3 is 2.53 bits per heavy atom. The number of nitrogens with zero attached hydrogens (tertiary/aromatic N) is 6. The molecular weight excluding hydrogens is 434 g/mol. The van der Waals surface area contributed by atoms with E-state index in [4.69, 9.17) is 5.73 Å². The molecule has 1 atom stereocenters. The van der Waals surface area contributed by atoms with Crippen molar-refractivity contribution in [2.75, 3.05) is 30.4 Å². The number of fused-ring (bicyclic) bond motifs is 1. The van der Waals surface area contributed by atoms with Crippen molar-refractivity contribution in [3.8, 4) is 0 Å². The van der Waals surface area contributed by atoms with Gasteiger partial charge in [0.2, 0.25) is 11.9 Å². The molecule has 0 aromatic carbocycles. The van der Waals surface area contributed by atoms with Crippen LogP contribution in [-0.4, -0.2) is 56.7 Å². The first-order valence-corrected chi connectivity index (χ1v) is 11.5. The second-order valence-corrected chi connectivity index (χ2v) is 10.6. The average Bonchev–Trinajstić information content (AvgIpc) is 3.67. The van der Waals surface area contributed by atoms with Gasteiger partial charge in [0.1, 0.15) is 0 Å². The lowest BCUT2D eigenvalue weighted by molar-refractivity contribution is -0.121. The topological polar surface area (TPSA) is 143 Å². The van der Waals surface area contributed by atoms with E-state index in [1.165, 1.54) is 7.05 Å². The van der Waals surface area contributed by atoms with E-state index in [1.807, 2.05) is 18.3 Å². The van der Waals surface area contributed by atoms with E-state index in [9.17, 15) is 9.59 Å². The second-order valence-electron chi connectivity index (χ2n) is 10.6. The standard InChI is InChI=1S/C23H27N9O2/c1-21(2)11-31(12-21)13-4-5-16-27-20(30-32(16)9-13)26-14-8-15(28-29-17(14)18(33)25-3)23(19(24)34)10-22(23)6-7-22/h4-5,8-9H,6-7,10-12H2,1-3H3,(H2,24,34)(H,25,33)(H,26,28,30)/t23-/m1/s1. The summed E-state index contributed by atoms with van der Waals surface area (Å²) in [6.45, 7) is 6.47. The van der Waals surface area contributed by atoms with Gasteiger partial charge in [0.25, 0.3) is 5.91 Å². The van der Waals surface area contributed by atoms with Crippen LogP contribution >= 0.6 is 0 Å². The number of hydrogen-bond acceptors (Lipinski definition) is 8. The van der Waals surface area contributed by atoms with Gasteiger partial charge < -0.3 is 21.3 Å². The first kappa shape index (κ1) is 20.8. The Kier molecular flexibility index (Phi) is 4.07. The van der Waals surface area contributed by atoms with Gasteiger partial charge in [0.05, 0.1) is 28.7 Å². The first-order valence-electron chi connectivity index (χ1n) is 11.5. The van der Waals surface area contributed by atoms with Gasteiger partial charge in [-0.3, -0.25) is 9.59 Å². The minimum atomic E-state index is -0.816. The maximum absolute atomic E-state index is 12.5. The molecule has 3 fully saturated rings. The van der Waals surface area contributed by atoms with E-state index in [0.29, 0.717) is 34.8 Å². The van der Waals surface area contributed by atoms with Crippen LogP contribution in [0.4, 0.5) is 17.3 Å². The minimum Gasteiger partial charge on any atom is -0.369 e. The number of amides is 2.